The highest BCUT2D eigenvalue weighted by atomic mass is 35.5. The number of aromatic carboxylic acids is 1. The van der Waals surface area contributed by atoms with E-state index in [4.69, 9.17) is 21.4 Å². The number of benzene rings is 1. The van der Waals surface area contributed by atoms with Crippen LogP contribution >= 0.6 is 11.6 Å². The van der Waals surface area contributed by atoms with Crippen molar-refractivity contribution in [3.05, 3.63) is 53.3 Å². The van der Waals surface area contributed by atoms with Crippen molar-refractivity contribution >= 4 is 23.2 Å². The second-order valence-corrected chi connectivity index (χ2v) is 4.36. The van der Waals surface area contributed by atoms with E-state index in [0.29, 0.717) is 17.3 Å². The molecule has 0 fully saturated rings. The van der Waals surface area contributed by atoms with Gasteiger partial charge in [-0.1, -0.05) is 11.6 Å². The van der Waals surface area contributed by atoms with Crippen molar-refractivity contribution in [3.63, 3.8) is 0 Å². The van der Waals surface area contributed by atoms with Gasteiger partial charge in [-0.2, -0.15) is 10.1 Å². The Kier molecular flexibility index (Phi) is 3.00. The van der Waals surface area contributed by atoms with Gasteiger partial charge in [0.25, 0.3) is 0 Å². The molecule has 6 nitrogen and oxygen atoms in total. The van der Waals surface area contributed by atoms with Crippen molar-refractivity contribution in [1.29, 1.82) is 0 Å². The van der Waals surface area contributed by atoms with Gasteiger partial charge in [-0.05, 0) is 18.2 Å². The maximum absolute atomic E-state index is 10.8. The molecular weight excluding hydrogens is 282 g/mol. The third kappa shape index (κ3) is 2.28. The number of fused-ring (bicyclic) bond motifs is 1. The van der Waals surface area contributed by atoms with E-state index in [9.17, 15) is 4.79 Å². The molecular formula is C13H8ClN3O3. The first-order valence-corrected chi connectivity index (χ1v) is 6.02. The molecule has 0 spiro atoms. The van der Waals surface area contributed by atoms with E-state index < -0.39 is 5.97 Å². The van der Waals surface area contributed by atoms with Gasteiger partial charge in [-0.3, -0.25) is 0 Å². The van der Waals surface area contributed by atoms with Crippen LogP contribution in [0.15, 0.2) is 42.7 Å². The Morgan fingerprint density at radius 2 is 2.15 bits per heavy atom. The molecule has 20 heavy (non-hydrogen) atoms. The van der Waals surface area contributed by atoms with Crippen molar-refractivity contribution < 1.29 is 14.6 Å². The highest BCUT2D eigenvalue weighted by molar-refractivity contribution is 6.32. The zero-order chi connectivity index (χ0) is 14.1. The normalized spacial score (nSPS) is 10.7. The number of carboxylic acids is 1. The van der Waals surface area contributed by atoms with E-state index in [1.807, 2.05) is 0 Å². The molecule has 0 bridgehead atoms. The van der Waals surface area contributed by atoms with Gasteiger partial charge in [0.15, 0.2) is 5.65 Å². The third-order valence-electron chi connectivity index (χ3n) is 2.63. The molecule has 0 amide bonds. The van der Waals surface area contributed by atoms with E-state index in [1.54, 1.807) is 29.0 Å². The van der Waals surface area contributed by atoms with Gasteiger partial charge in [0.1, 0.15) is 5.75 Å². The van der Waals surface area contributed by atoms with Crippen molar-refractivity contribution in [2.24, 2.45) is 0 Å². The predicted molar refractivity (Wildman–Crippen MR) is 71.5 cm³/mol. The summed E-state index contributed by atoms with van der Waals surface area (Å²) in [6.45, 7) is 0. The van der Waals surface area contributed by atoms with Crippen LogP contribution < -0.4 is 4.74 Å². The number of carbonyl (C=O) groups is 1. The lowest BCUT2D eigenvalue weighted by Gasteiger charge is -2.07. The smallest absolute Gasteiger partial charge is 0.335 e. The summed E-state index contributed by atoms with van der Waals surface area (Å²) in [5, 5.41) is 13.1. The maximum atomic E-state index is 10.8. The Balaban J connectivity index is 1.92. The average molecular weight is 290 g/mol. The van der Waals surface area contributed by atoms with Crippen molar-refractivity contribution in [3.8, 4) is 11.6 Å². The molecule has 7 heteroatoms. The minimum atomic E-state index is -1.04. The fraction of sp³-hybridized carbons (Fsp3) is 0. The lowest BCUT2D eigenvalue weighted by Crippen LogP contribution is -1.97. The number of carboxylic acid groups (broad SMARTS) is 1. The Morgan fingerprint density at radius 1 is 1.30 bits per heavy atom. The average Bonchev–Trinajstić information content (AvgIpc) is 2.88. The molecule has 100 valence electrons. The summed E-state index contributed by atoms with van der Waals surface area (Å²) in [4.78, 5) is 15.1. The minimum absolute atomic E-state index is 0.0987. The lowest BCUT2D eigenvalue weighted by atomic mass is 10.2. The molecule has 2 heterocycles. The monoisotopic (exact) mass is 289 g/mol. The quantitative estimate of drug-likeness (QED) is 0.802. The van der Waals surface area contributed by atoms with Gasteiger partial charge in [-0.25, -0.2) is 9.31 Å². The molecule has 1 aromatic carbocycles. The van der Waals surface area contributed by atoms with E-state index in [1.165, 1.54) is 18.2 Å². The summed E-state index contributed by atoms with van der Waals surface area (Å²) >= 11 is 5.99. The second kappa shape index (κ2) is 4.82. The Hall–Kier alpha value is -2.60. The largest absolute Gasteiger partial charge is 0.478 e. The molecule has 0 aliphatic heterocycles. The van der Waals surface area contributed by atoms with E-state index >= 15 is 0 Å². The standard InChI is InChI=1S/C13H8ClN3O3/c14-9-7-8(13(18)19)1-2-10(9)20-12-4-6-17-11(16-12)3-5-15-17/h1-7H,(H,18,19). The van der Waals surface area contributed by atoms with Crippen LogP contribution in [-0.2, 0) is 0 Å². The predicted octanol–water partition coefficient (Wildman–Crippen LogP) is 2.87. The minimum Gasteiger partial charge on any atom is -0.478 e. The molecule has 3 aromatic rings. The molecule has 0 unspecified atom stereocenters. The zero-order valence-electron chi connectivity index (χ0n) is 10.0. The number of halogens is 1. The van der Waals surface area contributed by atoms with Crippen LogP contribution in [-0.4, -0.2) is 25.7 Å². The number of ether oxygens (including phenoxy) is 1. The fourth-order valence-corrected chi connectivity index (χ4v) is 1.90. The summed E-state index contributed by atoms with van der Waals surface area (Å²) in [7, 11) is 0. The summed E-state index contributed by atoms with van der Waals surface area (Å²) in [6.07, 6.45) is 3.33. The van der Waals surface area contributed by atoms with E-state index in [0.717, 1.165) is 0 Å². The highest BCUT2D eigenvalue weighted by Crippen LogP contribution is 2.29. The van der Waals surface area contributed by atoms with Gasteiger partial charge in [-0.15, -0.1) is 0 Å². The molecule has 3 rings (SSSR count). The summed E-state index contributed by atoms with van der Waals surface area (Å²) < 4.78 is 7.14. The number of rotatable bonds is 3. The molecule has 0 aliphatic rings. The van der Waals surface area contributed by atoms with Crippen LogP contribution in [0.3, 0.4) is 0 Å². The van der Waals surface area contributed by atoms with Crippen molar-refractivity contribution in [2.75, 3.05) is 0 Å². The van der Waals surface area contributed by atoms with Crippen molar-refractivity contribution in [1.82, 2.24) is 14.6 Å². The molecule has 2 aromatic heterocycles. The van der Waals surface area contributed by atoms with Crippen LogP contribution in [0.25, 0.3) is 5.65 Å². The number of hydrogen-bond donors (Lipinski definition) is 1. The molecule has 0 radical (unpaired) electrons. The number of hydrogen-bond acceptors (Lipinski definition) is 4. The number of aromatic nitrogens is 3. The zero-order valence-corrected chi connectivity index (χ0v) is 10.8. The topological polar surface area (TPSA) is 76.7 Å². The first-order valence-electron chi connectivity index (χ1n) is 5.64. The molecule has 1 N–H and O–H groups in total. The van der Waals surface area contributed by atoms with Crippen LogP contribution in [0.2, 0.25) is 5.02 Å². The second-order valence-electron chi connectivity index (χ2n) is 3.95. The fourth-order valence-electron chi connectivity index (χ4n) is 1.68. The van der Waals surface area contributed by atoms with Gasteiger partial charge >= 0.3 is 5.97 Å². The molecule has 0 aliphatic carbocycles. The number of nitrogens with zero attached hydrogens (tertiary/aromatic N) is 3. The van der Waals surface area contributed by atoms with Crippen LogP contribution in [0.1, 0.15) is 10.4 Å². The van der Waals surface area contributed by atoms with Crippen LogP contribution in [0.5, 0.6) is 11.6 Å². The van der Waals surface area contributed by atoms with Gasteiger partial charge in [0.05, 0.1) is 16.8 Å². The summed E-state index contributed by atoms with van der Waals surface area (Å²) in [6, 6.07) is 7.62. The van der Waals surface area contributed by atoms with Crippen LogP contribution in [0, 0.1) is 0 Å². The van der Waals surface area contributed by atoms with Crippen molar-refractivity contribution in [2.45, 2.75) is 0 Å². The summed E-state index contributed by atoms with van der Waals surface area (Å²) in [5.74, 6) is -0.353. The van der Waals surface area contributed by atoms with Gasteiger partial charge in [0, 0.05) is 18.3 Å². The van der Waals surface area contributed by atoms with Crippen LogP contribution in [0.4, 0.5) is 0 Å². The Bertz CT molecular complexity index is 800. The first-order chi connectivity index (χ1) is 9.63. The maximum Gasteiger partial charge on any atom is 0.335 e. The molecule has 0 saturated carbocycles. The Labute approximate surface area is 118 Å². The summed E-state index contributed by atoms with van der Waals surface area (Å²) in [5.41, 5.74) is 0.738. The van der Waals surface area contributed by atoms with Gasteiger partial charge < -0.3 is 9.84 Å². The van der Waals surface area contributed by atoms with E-state index in [-0.39, 0.29) is 10.6 Å². The van der Waals surface area contributed by atoms with Gasteiger partial charge in [0.2, 0.25) is 5.88 Å². The third-order valence-corrected chi connectivity index (χ3v) is 2.92. The van der Waals surface area contributed by atoms with E-state index in [2.05, 4.69) is 10.1 Å². The Morgan fingerprint density at radius 3 is 2.90 bits per heavy atom. The molecule has 0 atom stereocenters. The molecule has 0 saturated heterocycles. The highest BCUT2D eigenvalue weighted by Gasteiger charge is 2.09. The SMILES string of the molecule is O=C(O)c1ccc(Oc2ccn3nccc3n2)c(Cl)c1. The lowest BCUT2D eigenvalue weighted by molar-refractivity contribution is 0.0697. The first kappa shape index (κ1) is 12.4.